The SMILES string of the molecule is CC1(C)CCC(c2ccccc2CCN)CC1. The molecule has 0 saturated heterocycles. The summed E-state index contributed by atoms with van der Waals surface area (Å²) in [5, 5.41) is 0. The smallest absolute Gasteiger partial charge is 0.00366 e. The molecule has 94 valence electrons. The van der Waals surface area contributed by atoms with Crippen LogP contribution in [0, 0.1) is 5.41 Å². The molecule has 0 amide bonds. The lowest BCUT2D eigenvalue weighted by Gasteiger charge is -2.35. The Bertz CT molecular complexity index is 358. The van der Waals surface area contributed by atoms with Crippen LogP contribution < -0.4 is 5.73 Å². The van der Waals surface area contributed by atoms with Gasteiger partial charge in [-0.3, -0.25) is 0 Å². The summed E-state index contributed by atoms with van der Waals surface area (Å²) in [6.45, 7) is 5.55. The molecule has 1 aliphatic carbocycles. The van der Waals surface area contributed by atoms with Crippen LogP contribution in [-0.2, 0) is 6.42 Å². The Hall–Kier alpha value is -0.820. The summed E-state index contributed by atoms with van der Waals surface area (Å²) in [5.74, 6) is 0.769. The first kappa shape index (κ1) is 12.6. The first-order valence-corrected chi connectivity index (χ1v) is 6.90. The molecule has 2 rings (SSSR count). The van der Waals surface area contributed by atoms with Crippen LogP contribution in [0.15, 0.2) is 24.3 Å². The molecule has 2 N–H and O–H groups in total. The molecule has 0 heterocycles. The molecule has 0 aromatic heterocycles. The minimum atomic E-state index is 0.555. The van der Waals surface area contributed by atoms with E-state index in [-0.39, 0.29) is 0 Å². The second kappa shape index (κ2) is 5.22. The highest BCUT2D eigenvalue weighted by Gasteiger charge is 2.28. The van der Waals surface area contributed by atoms with Crippen LogP contribution in [0.4, 0.5) is 0 Å². The van der Waals surface area contributed by atoms with E-state index in [0.717, 1.165) is 18.9 Å². The maximum atomic E-state index is 5.70. The Morgan fingerprint density at radius 2 is 1.82 bits per heavy atom. The van der Waals surface area contributed by atoms with Gasteiger partial charge in [-0.15, -0.1) is 0 Å². The van der Waals surface area contributed by atoms with Gasteiger partial charge >= 0.3 is 0 Å². The Morgan fingerprint density at radius 1 is 1.18 bits per heavy atom. The Kier molecular flexibility index (Phi) is 3.88. The maximum Gasteiger partial charge on any atom is -0.00366 e. The van der Waals surface area contributed by atoms with E-state index >= 15 is 0 Å². The number of nitrogens with two attached hydrogens (primary N) is 1. The average molecular weight is 231 g/mol. The van der Waals surface area contributed by atoms with Crippen LogP contribution in [0.1, 0.15) is 56.6 Å². The molecule has 1 aliphatic rings. The molecule has 1 aromatic carbocycles. The van der Waals surface area contributed by atoms with E-state index in [9.17, 15) is 0 Å². The van der Waals surface area contributed by atoms with E-state index in [1.54, 1.807) is 5.56 Å². The minimum Gasteiger partial charge on any atom is -0.330 e. The van der Waals surface area contributed by atoms with Crippen molar-refractivity contribution in [3.05, 3.63) is 35.4 Å². The fraction of sp³-hybridized carbons (Fsp3) is 0.625. The number of benzene rings is 1. The molecule has 1 aromatic rings. The fourth-order valence-electron chi connectivity index (χ4n) is 3.03. The Morgan fingerprint density at radius 3 is 2.47 bits per heavy atom. The van der Waals surface area contributed by atoms with Crippen molar-refractivity contribution in [3.63, 3.8) is 0 Å². The third-order valence-corrected chi connectivity index (χ3v) is 4.25. The fourth-order valence-corrected chi connectivity index (χ4v) is 3.03. The average Bonchev–Trinajstić information content (AvgIpc) is 2.31. The van der Waals surface area contributed by atoms with Gasteiger partial charge in [0.15, 0.2) is 0 Å². The molecule has 0 radical (unpaired) electrons. The number of hydrogen-bond donors (Lipinski definition) is 1. The highest BCUT2D eigenvalue weighted by Crippen LogP contribution is 2.43. The van der Waals surface area contributed by atoms with Gasteiger partial charge in [-0.2, -0.15) is 0 Å². The van der Waals surface area contributed by atoms with Gasteiger partial charge in [0, 0.05) is 0 Å². The quantitative estimate of drug-likeness (QED) is 0.839. The second-order valence-electron chi connectivity index (χ2n) is 6.18. The topological polar surface area (TPSA) is 26.0 Å². The van der Waals surface area contributed by atoms with E-state index in [2.05, 4.69) is 38.1 Å². The lowest BCUT2D eigenvalue weighted by Crippen LogP contribution is -2.21. The van der Waals surface area contributed by atoms with Crippen molar-refractivity contribution < 1.29 is 0 Å². The lowest BCUT2D eigenvalue weighted by atomic mass is 9.70. The Labute approximate surface area is 105 Å². The third kappa shape index (κ3) is 3.10. The van der Waals surface area contributed by atoms with Crippen molar-refractivity contribution in [2.24, 2.45) is 11.1 Å². The zero-order chi connectivity index (χ0) is 12.3. The van der Waals surface area contributed by atoms with Crippen molar-refractivity contribution in [1.82, 2.24) is 0 Å². The lowest BCUT2D eigenvalue weighted by molar-refractivity contribution is 0.224. The molecule has 0 atom stereocenters. The Balaban J connectivity index is 2.12. The van der Waals surface area contributed by atoms with E-state index in [1.165, 1.54) is 31.2 Å². The predicted molar refractivity (Wildman–Crippen MR) is 74.2 cm³/mol. The van der Waals surface area contributed by atoms with Crippen molar-refractivity contribution >= 4 is 0 Å². The van der Waals surface area contributed by atoms with Crippen LogP contribution in [0.2, 0.25) is 0 Å². The molecule has 17 heavy (non-hydrogen) atoms. The van der Waals surface area contributed by atoms with E-state index in [0.29, 0.717) is 5.41 Å². The summed E-state index contributed by atoms with van der Waals surface area (Å²) in [7, 11) is 0. The van der Waals surface area contributed by atoms with Gasteiger partial charge in [0.1, 0.15) is 0 Å². The molecule has 0 unspecified atom stereocenters. The van der Waals surface area contributed by atoms with Gasteiger partial charge in [0.2, 0.25) is 0 Å². The van der Waals surface area contributed by atoms with Crippen LogP contribution in [-0.4, -0.2) is 6.54 Å². The highest BCUT2D eigenvalue weighted by atomic mass is 14.5. The highest BCUT2D eigenvalue weighted by molar-refractivity contribution is 5.31. The van der Waals surface area contributed by atoms with Crippen molar-refractivity contribution in [2.45, 2.75) is 51.9 Å². The summed E-state index contributed by atoms with van der Waals surface area (Å²) in [6.07, 6.45) is 6.42. The molecule has 1 heteroatoms. The third-order valence-electron chi connectivity index (χ3n) is 4.25. The molecule has 0 spiro atoms. The van der Waals surface area contributed by atoms with Gasteiger partial charge in [-0.05, 0) is 61.1 Å². The van der Waals surface area contributed by atoms with Crippen LogP contribution in [0.3, 0.4) is 0 Å². The summed E-state index contributed by atoms with van der Waals surface area (Å²) in [4.78, 5) is 0. The first-order valence-electron chi connectivity index (χ1n) is 6.90. The molecular formula is C16H25N. The van der Waals surface area contributed by atoms with Gasteiger partial charge < -0.3 is 5.73 Å². The first-order chi connectivity index (χ1) is 8.12. The van der Waals surface area contributed by atoms with Gasteiger partial charge in [-0.1, -0.05) is 38.1 Å². The summed E-state index contributed by atoms with van der Waals surface area (Å²) >= 11 is 0. The standard InChI is InChI=1S/C16H25N/c1-16(2)10-7-14(8-11-16)15-6-4-3-5-13(15)9-12-17/h3-6,14H,7-12,17H2,1-2H3. The van der Waals surface area contributed by atoms with Crippen LogP contribution in [0.5, 0.6) is 0 Å². The van der Waals surface area contributed by atoms with E-state index < -0.39 is 0 Å². The minimum absolute atomic E-state index is 0.555. The molecule has 0 bridgehead atoms. The summed E-state index contributed by atoms with van der Waals surface area (Å²) < 4.78 is 0. The molecule has 1 saturated carbocycles. The second-order valence-corrected chi connectivity index (χ2v) is 6.18. The van der Waals surface area contributed by atoms with Crippen LogP contribution in [0.25, 0.3) is 0 Å². The van der Waals surface area contributed by atoms with Gasteiger partial charge in [0.25, 0.3) is 0 Å². The summed E-state index contributed by atoms with van der Waals surface area (Å²) in [5.41, 5.74) is 9.29. The summed E-state index contributed by atoms with van der Waals surface area (Å²) in [6, 6.07) is 8.88. The van der Waals surface area contributed by atoms with Crippen molar-refractivity contribution in [1.29, 1.82) is 0 Å². The number of hydrogen-bond acceptors (Lipinski definition) is 1. The van der Waals surface area contributed by atoms with E-state index in [1.807, 2.05) is 0 Å². The van der Waals surface area contributed by atoms with Gasteiger partial charge in [0.05, 0.1) is 0 Å². The van der Waals surface area contributed by atoms with Crippen LogP contribution >= 0.6 is 0 Å². The maximum absolute atomic E-state index is 5.70. The number of rotatable bonds is 3. The normalized spacial score (nSPS) is 20.4. The predicted octanol–water partition coefficient (Wildman–Crippen LogP) is 3.87. The van der Waals surface area contributed by atoms with E-state index in [4.69, 9.17) is 5.73 Å². The molecule has 1 fully saturated rings. The van der Waals surface area contributed by atoms with Crippen molar-refractivity contribution in [3.8, 4) is 0 Å². The molecular weight excluding hydrogens is 206 g/mol. The molecule has 0 aliphatic heterocycles. The largest absolute Gasteiger partial charge is 0.330 e. The van der Waals surface area contributed by atoms with Gasteiger partial charge in [-0.25, -0.2) is 0 Å². The zero-order valence-electron chi connectivity index (χ0n) is 11.2. The zero-order valence-corrected chi connectivity index (χ0v) is 11.2. The van der Waals surface area contributed by atoms with Crippen molar-refractivity contribution in [2.75, 3.05) is 6.54 Å². The monoisotopic (exact) mass is 231 g/mol. The molecule has 1 nitrogen and oxygen atoms in total.